The lowest BCUT2D eigenvalue weighted by molar-refractivity contribution is 0.280. The highest BCUT2D eigenvalue weighted by Crippen LogP contribution is 2.32. The van der Waals surface area contributed by atoms with Crippen molar-refractivity contribution in [1.82, 2.24) is 4.98 Å². The number of ether oxygens (including phenoxy) is 2. The fourth-order valence-corrected chi connectivity index (χ4v) is 2.20. The van der Waals surface area contributed by atoms with Gasteiger partial charge in [-0.05, 0) is 35.0 Å². The molecule has 106 valence electrons. The second kappa shape index (κ2) is 5.71. The van der Waals surface area contributed by atoms with E-state index < -0.39 is 0 Å². The van der Waals surface area contributed by atoms with E-state index in [1.54, 1.807) is 19.4 Å². The van der Waals surface area contributed by atoms with Gasteiger partial charge in [-0.2, -0.15) is 0 Å². The van der Waals surface area contributed by atoms with Crippen LogP contribution >= 0.6 is 0 Å². The van der Waals surface area contributed by atoms with Gasteiger partial charge in [0.05, 0.1) is 12.7 Å². The topological polar surface area (TPSA) is 51.6 Å². The van der Waals surface area contributed by atoms with Crippen LogP contribution in [0, 0.1) is 0 Å². The molecule has 0 atom stereocenters. The van der Waals surface area contributed by atoms with Gasteiger partial charge < -0.3 is 14.6 Å². The molecule has 2 aromatic carbocycles. The Morgan fingerprint density at radius 3 is 2.57 bits per heavy atom. The Morgan fingerprint density at radius 2 is 1.81 bits per heavy atom. The Bertz CT molecular complexity index is 771. The van der Waals surface area contributed by atoms with Crippen LogP contribution in [-0.4, -0.2) is 17.2 Å². The lowest BCUT2D eigenvalue weighted by Gasteiger charge is -2.11. The summed E-state index contributed by atoms with van der Waals surface area (Å²) in [5.41, 5.74) is 0.826. The first-order valence-corrected chi connectivity index (χ1v) is 6.60. The summed E-state index contributed by atoms with van der Waals surface area (Å²) in [5.74, 6) is 1.09. The minimum Gasteiger partial charge on any atom is -0.504 e. The maximum absolute atomic E-state index is 10.0. The summed E-state index contributed by atoms with van der Waals surface area (Å²) in [6.07, 6.45) is 1.66. The maximum Gasteiger partial charge on any atom is 0.219 e. The van der Waals surface area contributed by atoms with E-state index in [0.717, 1.165) is 16.3 Å². The van der Waals surface area contributed by atoms with Crippen molar-refractivity contribution in [2.24, 2.45) is 0 Å². The number of phenolic OH excluding ortho intramolecular Hbond substituents is 1. The molecule has 0 radical (unpaired) electrons. The van der Waals surface area contributed by atoms with Gasteiger partial charge in [0.25, 0.3) is 0 Å². The first-order valence-electron chi connectivity index (χ1n) is 6.60. The molecular weight excluding hydrogens is 266 g/mol. The molecule has 0 fully saturated rings. The molecule has 1 N–H and O–H groups in total. The number of phenols is 1. The molecule has 0 aliphatic heterocycles. The molecule has 4 heteroatoms. The molecular formula is C17H15NO3. The fourth-order valence-electron chi connectivity index (χ4n) is 2.20. The molecule has 1 heterocycles. The van der Waals surface area contributed by atoms with Gasteiger partial charge in [0.2, 0.25) is 5.88 Å². The molecule has 0 unspecified atom stereocenters. The number of nitrogens with zero attached hydrogens (tertiary/aromatic N) is 1. The number of fused-ring (bicyclic) bond motifs is 1. The van der Waals surface area contributed by atoms with Crippen LogP contribution < -0.4 is 9.47 Å². The molecule has 0 saturated carbocycles. The Morgan fingerprint density at radius 1 is 1.05 bits per heavy atom. The molecule has 1 aromatic heterocycles. The molecule has 0 aliphatic carbocycles. The zero-order chi connectivity index (χ0) is 14.7. The van der Waals surface area contributed by atoms with Crippen LogP contribution in [0.5, 0.6) is 17.4 Å². The number of hydrogen-bond acceptors (Lipinski definition) is 4. The van der Waals surface area contributed by atoms with Crippen LogP contribution in [0.25, 0.3) is 10.8 Å². The van der Waals surface area contributed by atoms with E-state index in [4.69, 9.17) is 9.47 Å². The lowest BCUT2D eigenvalue weighted by Crippen LogP contribution is -2.00. The van der Waals surface area contributed by atoms with E-state index in [9.17, 15) is 5.11 Å². The van der Waals surface area contributed by atoms with Gasteiger partial charge >= 0.3 is 0 Å². The van der Waals surface area contributed by atoms with E-state index in [1.165, 1.54) is 0 Å². The van der Waals surface area contributed by atoms with Crippen molar-refractivity contribution >= 4 is 10.8 Å². The number of hydrogen-bond donors (Lipinski definition) is 1. The fraction of sp³-hybridized carbons (Fsp3) is 0.118. The van der Waals surface area contributed by atoms with Gasteiger partial charge in [-0.15, -0.1) is 0 Å². The van der Waals surface area contributed by atoms with E-state index in [1.807, 2.05) is 42.5 Å². The van der Waals surface area contributed by atoms with Gasteiger partial charge in [0, 0.05) is 6.20 Å². The van der Waals surface area contributed by atoms with Gasteiger partial charge in [-0.25, -0.2) is 4.98 Å². The van der Waals surface area contributed by atoms with Gasteiger partial charge in [0.1, 0.15) is 6.61 Å². The van der Waals surface area contributed by atoms with Gasteiger partial charge in [-0.3, -0.25) is 0 Å². The molecule has 0 amide bonds. The van der Waals surface area contributed by atoms with Crippen molar-refractivity contribution < 1.29 is 14.6 Å². The monoisotopic (exact) mass is 281 g/mol. The highest BCUT2D eigenvalue weighted by molar-refractivity contribution is 5.85. The minimum atomic E-state index is 0.122. The molecule has 4 nitrogen and oxygen atoms in total. The highest BCUT2D eigenvalue weighted by Gasteiger charge is 2.08. The summed E-state index contributed by atoms with van der Waals surface area (Å²) in [5, 5.41) is 12.0. The zero-order valence-corrected chi connectivity index (χ0v) is 11.6. The summed E-state index contributed by atoms with van der Waals surface area (Å²) in [4.78, 5) is 4.12. The van der Waals surface area contributed by atoms with Crippen molar-refractivity contribution in [3.8, 4) is 17.4 Å². The van der Waals surface area contributed by atoms with Crippen LogP contribution in [0.4, 0.5) is 0 Å². The van der Waals surface area contributed by atoms with E-state index in [2.05, 4.69) is 4.98 Å². The van der Waals surface area contributed by atoms with Gasteiger partial charge in [-0.1, -0.05) is 24.3 Å². The summed E-state index contributed by atoms with van der Waals surface area (Å²) in [6, 6.07) is 15.0. The third-order valence-electron chi connectivity index (χ3n) is 3.25. The first kappa shape index (κ1) is 13.2. The standard InChI is InChI=1S/C17H15NO3/c1-20-17-14(7-4-8-18-17)11-21-16-10-13-6-3-2-5-12(13)9-15(16)19/h2-10,19H,11H2,1H3. The number of methoxy groups -OCH3 is 1. The average molecular weight is 281 g/mol. The van der Waals surface area contributed by atoms with Crippen LogP contribution in [0.15, 0.2) is 54.7 Å². The number of rotatable bonds is 4. The van der Waals surface area contributed by atoms with E-state index >= 15 is 0 Å². The third-order valence-corrected chi connectivity index (χ3v) is 3.25. The predicted octanol–water partition coefficient (Wildman–Crippen LogP) is 3.53. The summed E-state index contributed by atoms with van der Waals surface area (Å²) in [6.45, 7) is 0.281. The van der Waals surface area contributed by atoms with Crippen molar-refractivity contribution in [3.63, 3.8) is 0 Å². The predicted molar refractivity (Wildman–Crippen MR) is 80.7 cm³/mol. The number of aromatic nitrogens is 1. The SMILES string of the molecule is COc1ncccc1COc1cc2ccccc2cc1O. The largest absolute Gasteiger partial charge is 0.504 e. The first-order chi connectivity index (χ1) is 10.3. The molecule has 3 rings (SSSR count). The minimum absolute atomic E-state index is 0.122. The summed E-state index contributed by atoms with van der Waals surface area (Å²) < 4.78 is 10.9. The van der Waals surface area contributed by atoms with Crippen molar-refractivity contribution in [3.05, 3.63) is 60.3 Å². The van der Waals surface area contributed by atoms with E-state index in [-0.39, 0.29) is 12.4 Å². The smallest absolute Gasteiger partial charge is 0.219 e. The Hall–Kier alpha value is -2.75. The Balaban J connectivity index is 1.86. The van der Waals surface area contributed by atoms with E-state index in [0.29, 0.717) is 11.6 Å². The van der Waals surface area contributed by atoms with Crippen LogP contribution in [0.1, 0.15) is 5.56 Å². The van der Waals surface area contributed by atoms with Crippen LogP contribution in [0.2, 0.25) is 0 Å². The molecule has 0 saturated heterocycles. The van der Waals surface area contributed by atoms with Crippen LogP contribution in [-0.2, 0) is 6.61 Å². The summed E-state index contributed by atoms with van der Waals surface area (Å²) in [7, 11) is 1.57. The highest BCUT2D eigenvalue weighted by atomic mass is 16.5. The molecule has 0 bridgehead atoms. The summed E-state index contributed by atoms with van der Waals surface area (Å²) >= 11 is 0. The second-order valence-corrected chi connectivity index (χ2v) is 4.63. The number of aromatic hydroxyl groups is 1. The lowest BCUT2D eigenvalue weighted by atomic mass is 10.1. The molecule has 0 aliphatic rings. The molecule has 3 aromatic rings. The van der Waals surface area contributed by atoms with Crippen molar-refractivity contribution in [2.75, 3.05) is 7.11 Å². The number of benzene rings is 2. The Kier molecular flexibility index (Phi) is 3.60. The average Bonchev–Trinajstić information content (AvgIpc) is 2.53. The van der Waals surface area contributed by atoms with Crippen LogP contribution in [0.3, 0.4) is 0 Å². The third kappa shape index (κ3) is 2.74. The van der Waals surface area contributed by atoms with Crippen molar-refractivity contribution in [2.45, 2.75) is 6.61 Å². The maximum atomic E-state index is 10.0. The Labute approximate surface area is 122 Å². The normalized spacial score (nSPS) is 10.5. The second-order valence-electron chi connectivity index (χ2n) is 4.63. The quantitative estimate of drug-likeness (QED) is 0.795. The zero-order valence-electron chi connectivity index (χ0n) is 11.6. The molecule has 21 heavy (non-hydrogen) atoms. The number of pyridine rings is 1. The van der Waals surface area contributed by atoms with Crippen molar-refractivity contribution in [1.29, 1.82) is 0 Å². The van der Waals surface area contributed by atoms with Gasteiger partial charge in [0.15, 0.2) is 11.5 Å². The molecule has 0 spiro atoms.